The number of amidine groups is 1. The molecule has 0 saturated carbocycles. The van der Waals surface area contributed by atoms with Crippen LogP contribution in [0.3, 0.4) is 0 Å². The second-order valence-electron chi connectivity index (χ2n) is 5.84. The van der Waals surface area contributed by atoms with E-state index in [1.54, 1.807) is 0 Å². The van der Waals surface area contributed by atoms with Gasteiger partial charge in [-0.3, -0.25) is 4.99 Å². The van der Waals surface area contributed by atoms with Gasteiger partial charge < -0.3 is 10.1 Å². The molecule has 0 unspecified atom stereocenters. The Bertz CT molecular complexity index is 283. The number of nitrogens with one attached hydrogen (secondary N) is 1. The lowest BCUT2D eigenvalue weighted by molar-refractivity contribution is 0.0283. The fraction of sp³-hybridized carbons (Fsp3) is 0.917. The van der Waals surface area contributed by atoms with Crippen LogP contribution in [-0.2, 0) is 4.74 Å². The van der Waals surface area contributed by atoms with Crippen LogP contribution in [0.25, 0.3) is 0 Å². The fourth-order valence-electron chi connectivity index (χ4n) is 1.98. The van der Waals surface area contributed by atoms with Gasteiger partial charge in [0.15, 0.2) is 5.17 Å². The second-order valence-corrected chi connectivity index (χ2v) is 6.81. The van der Waals surface area contributed by atoms with Gasteiger partial charge in [-0.1, -0.05) is 18.7 Å². The lowest BCUT2D eigenvalue weighted by Crippen LogP contribution is -2.37. The van der Waals surface area contributed by atoms with Crippen LogP contribution in [0, 0.1) is 5.41 Å². The second kappa shape index (κ2) is 4.57. The van der Waals surface area contributed by atoms with Gasteiger partial charge in [0.1, 0.15) is 0 Å². The van der Waals surface area contributed by atoms with E-state index in [0.717, 1.165) is 43.5 Å². The maximum absolute atomic E-state index is 5.40. The summed E-state index contributed by atoms with van der Waals surface area (Å²) in [7, 11) is 0. The van der Waals surface area contributed by atoms with Crippen molar-refractivity contribution in [3.05, 3.63) is 0 Å². The molecule has 0 bridgehead atoms. The van der Waals surface area contributed by atoms with E-state index in [-0.39, 0.29) is 5.54 Å². The van der Waals surface area contributed by atoms with Crippen molar-refractivity contribution < 1.29 is 4.74 Å². The fourth-order valence-corrected chi connectivity index (χ4v) is 3.05. The SMILES string of the molecule is CC1(CN=C2NC(C)(C)CS2)CCOCC1. The van der Waals surface area contributed by atoms with Gasteiger partial charge in [-0.2, -0.15) is 0 Å². The Hall–Kier alpha value is -0.220. The summed E-state index contributed by atoms with van der Waals surface area (Å²) in [4.78, 5) is 4.73. The van der Waals surface area contributed by atoms with Crippen LogP contribution in [0.2, 0.25) is 0 Å². The molecule has 4 heteroatoms. The Morgan fingerprint density at radius 3 is 2.56 bits per heavy atom. The van der Waals surface area contributed by atoms with Crippen LogP contribution in [0.5, 0.6) is 0 Å². The van der Waals surface area contributed by atoms with Crippen molar-refractivity contribution in [3.63, 3.8) is 0 Å². The van der Waals surface area contributed by atoms with Gasteiger partial charge in [-0.15, -0.1) is 0 Å². The molecule has 0 atom stereocenters. The monoisotopic (exact) mass is 242 g/mol. The van der Waals surface area contributed by atoms with Crippen LogP contribution in [0.4, 0.5) is 0 Å². The Morgan fingerprint density at radius 1 is 1.31 bits per heavy atom. The molecule has 2 rings (SSSR count). The largest absolute Gasteiger partial charge is 0.381 e. The number of rotatable bonds is 2. The molecule has 2 heterocycles. The lowest BCUT2D eigenvalue weighted by atomic mass is 9.83. The molecule has 2 fully saturated rings. The number of hydrogen-bond acceptors (Lipinski definition) is 3. The molecular weight excluding hydrogens is 220 g/mol. The molecule has 0 radical (unpaired) electrons. The molecule has 0 aliphatic carbocycles. The Labute approximate surface area is 102 Å². The number of ether oxygens (including phenoxy) is 1. The zero-order chi connectivity index (χ0) is 11.6. The topological polar surface area (TPSA) is 33.6 Å². The lowest BCUT2D eigenvalue weighted by Gasteiger charge is -2.32. The highest BCUT2D eigenvalue weighted by Crippen LogP contribution is 2.31. The average Bonchev–Trinajstić information content (AvgIpc) is 2.57. The summed E-state index contributed by atoms with van der Waals surface area (Å²) in [5.41, 5.74) is 0.556. The van der Waals surface area contributed by atoms with Crippen LogP contribution in [0.1, 0.15) is 33.6 Å². The third-order valence-corrected chi connectivity index (χ3v) is 4.69. The van der Waals surface area contributed by atoms with Gasteiger partial charge in [-0.25, -0.2) is 0 Å². The predicted octanol–water partition coefficient (Wildman–Crippen LogP) is 2.27. The van der Waals surface area contributed by atoms with Crippen molar-refractivity contribution in [2.24, 2.45) is 10.4 Å². The maximum Gasteiger partial charge on any atom is 0.157 e. The molecule has 1 N–H and O–H groups in total. The first-order chi connectivity index (χ1) is 7.49. The van der Waals surface area contributed by atoms with Gasteiger partial charge >= 0.3 is 0 Å². The van der Waals surface area contributed by atoms with E-state index in [2.05, 4.69) is 26.1 Å². The number of aliphatic imine (C=N–C) groups is 1. The standard InChI is InChI=1S/C12H22N2OS/c1-11(2)9-16-10(14-11)13-8-12(3)4-6-15-7-5-12/h4-9H2,1-3H3,(H,13,14). The van der Waals surface area contributed by atoms with Crippen LogP contribution < -0.4 is 5.32 Å². The van der Waals surface area contributed by atoms with Crippen molar-refractivity contribution in [2.75, 3.05) is 25.5 Å². The summed E-state index contributed by atoms with van der Waals surface area (Å²) >= 11 is 1.84. The zero-order valence-corrected chi connectivity index (χ0v) is 11.3. The molecular formula is C12H22N2OS. The molecule has 92 valence electrons. The van der Waals surface area contributed by atoms with E-state index >= 15 is 0 Å². The quantitative estimate of drug-likeness (QED) is 0.806. The first kappa shape index (κ1) is 12.2. The smallest absolute Gasteiger partial charge is 0.157 e. The Kier molecular flexibility index (Phi) is 3.50. The third-order valence-electron chi connectivity index (χ3n) is 3.32. The predicted molar refractivity (Wildman–Crippen MR) is 70.1 cm³/mol. The molecule has 0 spiro atoms. The normalized spacial score (nSPS) is 30.3. The van der Waals surface area contributed by atoms with Crippen LogP contribution in [0.15, 0.2) is 4.99 Å². The van der Waals surface area contributed by atoms with E-state index < -0.39 is 0 Å². The molecule has 0 amide bonds. The van der Waals surface area contributed by atoms with E-state index in [0.29, 0.717) is 5.41 Å². The summed E-state index contributed by atoms with van der Waals surface area (Å²) < 4.78 is 5.40. The van der Waals surface area contributed by atoms with Crippen molar-refractivity contribution in [2.45, 2.75) is 39.2 Å². The van der Waals surface area contributed by atoms with Crippen molar-refractivity contribution in [1.29, 1.82) is 0 Å². The summed E-state index contributed by atoms with van der Waals surface area (Å²) in [6.45, 7) is 9.49. The van der Waals surface area contributed by atoms with E-state index in [4.69, 9.17) is 9.73 Å². The minimum Gasteiger partial charge on any atom is -0.381 e. The van der Waals surface area contributed by atoms with Crippen molar-refractivity contribution in [1.82, 2.24) is 5.32 Å². The number of thioether (sulfide) groups is 1. The van der Waals surface area contributed by atoms with E-state index in [1.165, 1.54) is 0 Å². The first-order valence-corrected chi connectivity index (χ1v) is 7.01. The molecule has 2 aliphatic heterocycles. The summed E-state index contributed by atoms with van der Waals surface area (Å²) in [5.74, 6) is 1.12. The third kappa shape index (κ3) is 3.14. The summed E-state index contributed by atoms with van der Waals surface area (Å²) in [6, 6.07) is 0. The van der Waals surface area contributed by atoms with Crippen LogP contribution >= 0.6 is 11.8 Å². The zero-order valence-electron chi connectivity index (χ0n) is 10.5. The van der Waals surface area contributed by atoms with E-state index in [1.807, 2.05) is 11.8 Å². The van der Waals surface area contributed by atoms with Gasteiger partial charge in [-0.05, 0) is 32.1 Å². The Morgan fingerprint density at radius 2 is 2.00 bits per heavy atom. The summed E-state index contributed by atoms with van der Waals surface area (Å²) in [5, 5.41) is 4.59. The molecule has 0 aromatic carbocycles. The highest BCUT2D eigenvalue weighted by molar-refractivity contribution is 8.14. The highest BCUT2D eigenvalue weighted by atomic mass is 32.2. The summed E-state index contributed by atoms with van der Waals surface area (Å²) in [6.07, 6.45) is 2.27. The minimum atomic E-state index is 0.208. The highest BCUT2D eigenvalue weighted by Gasteiger charge is 2.30. The molecule has 2 aliphatic rings. The first-order valence-electron chi connectivity index (χ1n) is 6.02. The molecule has 0 aromatic heterocycles. The minimum absolute atomic E-state index is 0.208. The van der Waals surface area contributed by atoms with E-state index in [9.17, 15) is 0 Å². The number of nitrogens with zero attached hydrogens (tertiary/aromatic N) is 1. The molecule has 0 aromatic rings. The number of hydrogen-bond donors (Lipinski definition) is 1. The maximum atomic E-state index is 5.40. The van der Waals surface area contributed by atoms with Gasteiger partial charge in [0.2, 0.25) is 0 Å². The Balaban J connectivity index is 1.88. The average molecular weight is 242 g/mol. The molecule has 16 heavy (non-hydrogen) atoms. The van der Waals surface area contributed by atoms with Crippen molar-refractivity contribution >= 4 is 16.9 Å². The molecule has 3 nitrogen and oxygen atoms in total. The van der Waals surface area contributed by atoms with Gasteiger partial charge in [0.25, 0.3) is 0 Å². The van der Waals surface area contributed by atoms with Gasteiger partial charge in [0, 0.05) is 31.1 Å². The van der Waals surface area contributed by atoms with Crippen LogP contribution in [-0.4, -0.2) is 36.2 Å². The van der Waals surface area contributed by atoms with Crippen molar-refractivity contribution in [3.8, 4) is 0 Å². The molecule has 2 saturated heterocycles. The van der Waals surface area contributed by atoms with Gasteiger partial charge in [0.05, 0.1) is 0 Å².